The number of carbonyl (C=O) groups is 6. The van der Waals surface area contributed by atoms with Crippen molar-refractivity contribution in [2.75, 3.05) is 19.6 Å². The van der Waals surface area contributed by atoms with Gasteiger partial charge in [0, 0.05) is 19.6 Å². The van der Waals surface area contributed by atoms with E-state index in [0.29, 0.717) is 19.3 Å². The van der Waals surface area contributed by atoms with Gasteiger partial charge in [-0.1, -0.05) is 48.0 Å². The second-order valence-electron chi connectivity index (χ2n) is 14.0. The predicted octanol–water partition coefficient (Wildman–Crippen LogP) is 0.362. The molecule has 5 atom stereocenters. The number of hydrogen-bond acceptors (Lipinski definition) is 11. The van der Waals surface area contributed by atoms with Gasteiger partial charge in [-0.25, -0.2) is 22.7 Å². The number of ether oxygens (including phenoxy) is 1. The number of aliphatic imine (C=N–C) groups is 1. The highest BCUT2D eigenvalue weighted by molar-refractivity contribution is 7.90. The zero-order valence-corrected chi connectivity index (χ0v) is 33.8. The molecule has 0 bridgehead atoms. The highest BCUT2D eigenvalue weighted by Crippen LogP contribution is 2.20. The van der Waals surface area contributed by atoms with Gasteiger partial charge in [0.25, 0.3) is 10.0 Å². The molecule has 58 heavy (non-hydrogen) atoms. The SMILES string of the molecule is Cc1ccc(S(=O)(=O)NC(N)=NCCC[C@H](NC(=O)[C@H](C)N)C(=O)N2CCC[C@H]2C(=O)N[C@@H](C)C(=O)N[C@@H](CCCCNC(=O)OCc2ccccc2)C(=O)O)cc1. The zero-order chi connectivity index (χ0) is 42.8. The lowest BCUT2D eigenvalue weighted by Crippen LogP contribution is -2.57. The van der Waals surface area contributed by atoms with Crippen LogP contribution < -0.4 is 37.5 Å². The number of sulfonamides is 1. The van der Waals surface area contributed by atoms with E-state index in [-0.39, 0.29) is 62.8 Å². The summed E-state index contributed by atoms with van der Waals surface area (Å²) in [7, 11) is -3.98. The van der Waals surface area contributed by atoms with Crippen LogP contribution in [0.2, 0.25) is 0 Å². The number of aliphatic carboxylic acids is 1. The van der Waals surface area contributed by atoms with Gasteiger partial charge in [0.1, 0.15) is 30.8 Å². The molecule has 0 aliphatic carbocycles. The van der Waals surface area contributed by atoms with Crippen molar-refractivity contribution in [2.45, 2.75) is 107 Å². The molecule has 20 heteroatoms. The molecule has 0 aromatic heterocycles. The summed E-state index contributed by atoms with van der Waals surface area (Å²) < 4.78 is 32.6. The molecule has 2 aromatic carbocycles. The Morgan fingerprint density at radius 3 is 2.22 bits per heavy atom. The Bertz CT molecular complexity index is 1860. The molecule has 1 heterocycles. The Kier molecular flexibility index (Phi) is 18.4. The van der Waals surface area contributed by atoms with Crippen molar-refractivity contribution in [1.82, 2.24) is 30.9 Å². The van der Waals surface area contributed by atoms with Crippen molar-refractivity contribution in [3.63, 3.8) is 0 Å². The smallest absolute Gasteiger partial charge is 0.407 e. The molecular formula is C38H55N9O10S. The van der Waals surface area contributed by atoms with Crippen LogP contribution in [0.25, 0.3) is 0 Å². The Morgan fingerprint density at radius 2 is 1.57 bits per heavy atom. The van der Waals surface area contributed by atoms with Crippen LogP contribution in [-0.4, -0.2) is 110 Å². The number of hydrogen-bond donors (Lipinski definition) is 8. The number of carboxylic acid groups (broad SMARTS) is 1. The fraction of sp³-hybridized carbons (Fsp3) is 0.500. The van der Waals surface area contributed by atoms with Gasteiger partial charge in [-0.3, -0.25) is 24.2 Å². The number of carboxylic acids is 1. The van der Waals surface area contributed by atoms with Gasteiger partial charge >= 0.3 is 12.1 Å². The first kappa shape index (κ1) is 46.6. The minimum absolute atomic E-state index is 0.00121. The van der Waals surface area contributed by atoms with Gasteiger partial charge in [-0.05, 0) is 83.4 Å². The first-order chi connectivity index (χ1) is 27.5. The summed E-state index contributed by atoms with van der Waals surface area (Å²) in [6, 6.07) is 9.82. The summed E-state index contributed by atoms with van der Waals surface area (Å²) in [5.74, 6) is -4.19. The van der Waals surface area contributed by atoms with E-state index < -0.39 is 75.9 Å². The summed E-state index contributed by atoms with van der Waals surface area (Å²) >= 11 is 0. The maximum absolute atomic E-state index is 13.8. The maximum atomic E-state index is 13.8. The fourth-order valence-electron chi connectivity index (χ4n) is 5.87. The monoisotopic (exact) mass is 829 g/mol. The van der Waals surface area contributed by atoms with Crippen molar-refractivity contribution in [2.24, 2.45) is 16.5 Å². The summed E-state index contributed by atoms with van der Waals surface area (Å²) in [6.07, 6.45) is 1.18. The number of rotatable bonds is 21. The second kappa shape index (κ2) is 22.8. The van der Waals surface area contributed by atoms with Crippen LogP contribution >= 0.6 is 0 Å². The Labute approximate surface area is 338 Å². The number of alkyl carbamates (subject to hydrolysis) is 1. The quantitative estimate of drug-likeness (QED) is 0.0481. The summed E-state index contributed by atoms with van der Waals surface area (Å²) in [5, 5.41) is 19.9. The maximum Gasteiger partial charge on any atom is 0.407 e. The normalized spacial score (nSPS) is 16.2. The number of benzene rings is 2. The van der Waals surface area contributed by atoms with E-state index in [0.717, 1.165) is 11.1 Å². The third kappa shape index (κ3) is 15.3. The molecule has 0 unspecified atom stereocenters. The van der Waals surface area contributed by atoms with E-state index in [4.69, 9.17) is 16.2 Å². The first-order valence-electron chi connectivity index (χ1n) is 19.0. The number of carbonyl (C=O) groups excluding carboxylic acids is 5. The van der Waals surface area contributed by atoms with Crippen molar-refractivity contribution in [3.05, 3.63) is 65.7 Å². The van der Waals surface area contributed by atoms with Crippen LogP contribution in [0.3, 0.4) is 0 Å². The minimum atomic E-state index is -3.98. The van der Waals surface area contributed by atoms with E-state index in [1.807, 2.05) is 37.3 Å². The molecule has 2 aromatic rings. The van der Waals surface area contributed by atoms with Gasteiger partial charge < -0.3 is 47.5 Å². The number of amides is 5. The van der Waals surface area contributed by atoms with Crippen molar-refractivity contribution < 1.29 is 47.0 Å². The number of nitrogens with two attached hydrogens (primary N) is 2. The lowest BCUT2D eigenvalue weighted by Gasteiger charge is -2.30. The topological polar surface area (TPSA) is 294 Å². The highest BCUT2D eigenvalue weighted by atomic mass is 32.2. The molecule has 5 amide bonds. The fourth-order valence-corrected chi connectivity index (χ4v) is 6.82. The molecule has 1 fully saturated rings. The second-order valence-corrected chi connectivity index (χ2v) is 15.7. The number of guanidine groups is 1. The molecule has 318 valence electrons. The van der Waals surface area contributed by atoms with Crippen LogP contribution in [0.5, 0.6) is 0 Å². The Balaban J connectivity index is 1.50. The molecular weight excluding hydrogens is 775 g/mol. The first-order valence-corrected chi connectivity index (χ1v) is 20.5. The summed E-state index contributed by atoms with van der Waals surface area (Å²) in [5.41, 5.74) is 13.3. The number of nitrogens with one attached hydrogen (secondary N) is 5. The largest absolute Gasteiger partial charge is 0.480 e. The predicted molar refractivity (Wildman–Crippen MR) is 213 cm³/mol. The van der Waals surface area contributed by atoms with Crippen LogP contribution in [0.1, 0.15) is 69.9 Å². The lowest BCUT2D eigenvalue weighted by atomic mass is 10.1. The number of aryl methyl sites for hydroxylation is 1. The van der Waals surface area contributed by atoms with Crippen molar-refractivity contribution in [1.29, 1.82) is 0 Å². The molecule has 1 aliphatic heterocycles. The standard InChI is InChI=1S/C38H55N9O10S/c1-24-16-18-28(19-17-24)58(55,56)46-37(40)41-21-9-14-29(44-32(48)25(2)39)35(51)47-22-10-15-31(47)34(50)43-26(3)33(49)45-30(36(52)53)13-7-8-20-42-38(54)57-23-27-11-5-4-6-12-27/h4-6,11-12,16-19,25-26,29-31H,7-10,13-15,20-23,39H2,1-3H3,(H,42,54)(H,43,50)(H,44,48)(H,45,49)(H,52,53)(H3,40,41,46)/t25-,26-,29-,30-,31-/m0/s1. The average Bonchev–Trinajstić information content (AvgIpc) is 3.68. The van der Waals surface area contributed by atoms with E-state index >= 15 is 0 Å². The minimum Gasteiger partial charge on any atom is -0.480 e. The summed E-state index contributed by atoms with van der Waals surface area (Å²) in [4.78, 5) is 82.0. The third-order valence-corrected chi connectivity index (χ3v) is 10.5. The summed E-state index contributed by atoms with van der Waals surface area (Å²) in [6.45, 7) is 5.17. The van der Waals surface area contributed by atoms with Crippen molar-refractivity contribution >= 4 is 51.7 Å². The van der Waals surface area contributed by atoms with E-state index in [2.05, 4.69) is 31.0 Å². The van der Waals surface area contributed by atoms with E-state index in [9.17, 15) is 42.3 Å². The number of likely N-dealkylation sites (tertiary alicyclic amines) is 1. The van der Waals surface area contributed by atoms with Crippen LogP contribution in [-0.2, 0) is 45.3 Å². The van der Waals surface area contributed by atoms with E-state index in [1.54, 1.807) is 12.1 Å². The molecule has 1 saturated heterocycles. The highest BCUT2D eigenvalue weighted by Gasteiger charge is 2.38. The average molecular weight is 830 g/mol. The number of nitrogens with zero attached hydrogens (tertiary/aromatic N) is 2. The molecule has 0 spiro atoms. The Hall–Kier alpha value is -5.76. The van der Waals surface area contributed by atoms with Gasteiger partial charge in [-0.2, -0.15) is 0 Å². The van der Waals surface area contributed by atoms with Crippen LogP contribution in [0.15, 0.2) is 64.5 Å². The van der Waals surface area contributed by atoms with Gasteiger partial charge in [0.15, 0.2) is 0 Å². The Morgan fingerprint density at radius 1 is 0.914 bits per heavy atom. The third-order valence-electron chi connectivity index (χ3n) is 9.14. The van der Waals surface area contributed by atoms with Crippen LogP contribution in [0.4, 0.5) is 4.79 Å². The van der Waals surface area contributed by atoms with E-state index in [1.165, 1.54) is 30.9 Å². The molecule has 0 radical (unpaired) electrons. The molecule has 19 nitrogen and oxygen atoms in total. The molecule has 10 N–H and O–H groups in total. The molecule has 0 saturated carbocycles. The van der Waals surface area contributed by atoms with Crippen LogP contribution in [0, 0.1) is 6.92 Å². The zero-order valence-electron chi connectivity index (χ0n) is 32.9. The van der Waals surface area contributed by atoms with Gasteiger partial charge in [-0.15, -0.1) is 0 Å². The van der Waals surface area contributed by atoms with Crippen molar-refractivity contribution in [3.8, 4) is 0 Å². The van der Waals surface area contributed by atoms with Gasteiger partial charge in [0.2, 0.25) is 29.6 Å². The van der Waals surface area contributed by atoms with Gasteiger partial charge in [0.05, 0.1) is 10.9 Å². The number of unbranched alkanes of at least 4 members (excludes halogenated alkanes) is 1. The lowest BCUT2D eigenvalue weighted by molar-refractivity contribution is -0.143. The molecule has 3 rings (SSSR count). The molecule has 1 aliphatic rings.